The number of aromatic nitrogens is 4. The van der Waals surface area contributed by atoms with E-state index in [1.54, 1.807) is 42.6 Å². The summed E-state index contributed by atoms with van der Waals surface area (Å²) in [6.07, 6.45) is 4.57. The van der Waals surface area contributed by atoms with Crippen molar-refractivity contribution in [3.63, 3.8) is 0 Å². The first-order valence-electron chi connectivity index (χ1n) is 13.1. The summed E-state index contributed by atoms with van der Waals surface area (Å²) in [5, 5.41) is 14.3. The van der Waals surface area contributed by atoms with Crippen molar-refractivity contribution >= 4 is 28.6 Å². The van der Waals surface area contributed by atoms with E-state index in [2.05, 4.69) is 14.6 Å². The van der Waals surface area contributed by atoms with Gasteiger partial charge >= 0.3 is 5.97 Å². The number of halogens is 2. The number of imidazole rings is 1. The molecule has 2 aromatic carbocycles. The Morgan fingerprint density at radius 2 is 1.95 bits per heavy atom. The second-order valence-electron chi connectivity index (χ2n) is 10.1. The van der Waals surface area contributed by atoms with Crippen molar-refractivity contribution in [2.45, 2.75) is 51.1 Å². The van der Waals surface area contributed by atoms with E-state index in [1.807, 2.05) is 4.68 Å². The van der Waals surface area contributed by atoms with Gasteiger partial charge in [-0.25, -0.2) is 18.9 Å². The summed E-state index contributed by atoms with van der Waals surface area (Å²) in [4.78, 5) is 18.8. The van der Waals surface area contributed by atoms with E-state index in [9.17, 15) is 14.3 Å². The van der Waals surface area contributed by atoms with Gasteiger partial charge in [-0.05, 0) is 49.6 Å². The largest absolute Gasteiger partial charge is 0.478 e. The Morgan fingerprint density at radius 1 is 1.15 bits per heavy atom. The predicted molar refractivity (Wildman–Crippen MR) is 148 cm³/mol. The van der Waals surface area contributed by atoms with Crippen LogP contribution in [-0.2, 0) is 24.4 Å². The number of hydrogen-bond acceptors (Lipinski definition) is 7. The lowest BCUT2D eigenvalue weighted by molar-refractivity contribution is -0.0592. The van der Waals surface area contributed by atoms with Gasteiger partial charge in [-0.3, -0.25) is 4.90 Å². The third-order valence-electron chi connectivity index (χ3n) is 7.55. The Hall–Kier alpha value is -3.51. The molecule has 0 saturated carbocycles. The highest BCUT2D eigenvalue weighted by Gasteiger charge is 2.27. The molecule has 0 unspecified atom stereocenters. The summed E-state index contributed by atoms with van der Waals surface area (Å²) >= 11 is 5.85. The summed E-state index contributed by atoms with van der Waals surface area (Å²) < 4.78 is 29.8. The number of carboxylic acids is 1. The Bertz CT molecular complexity index is 1500. The average molecular weight is 571 g/mol. The number of carbonyl (C=O) groups is 1. The smallest absolute Gasteiger partial charge is 0.335 e. The molecule has 4 heterocycles. The van der Waals surface area contributed by atoms with Gasteiger partial charge in [-0.1, -0.05) is 17.7 Å². The van der Waals surface area contributed by atoms with Gasteiger partial charge in [-0.2, -0.15) is 5.10 Å². The van der Waals surface area contributed by atoms with Crippen LogP contribution in [0.3, 0.4) is 0 Å². The molecule has 2 aliphatic heterocycles. The number of fused-ring (bicyclic) bond motifs is 1. The van der Waals surface area contributed by atoms with Crippen LogP contribution >= 0.6 is 11.6 Å². The van der Waals surface area contributed by atoms with Gasteiger partial charge in [0.2, 0.25) is 5.88 Å². The molecule has 4 N–H and O–H groups in total. The number of aromatic carboxylic acids is 1. The Kier molecular flexibility index (Phi) is 8.36. The minimum absolute atomic E-state index is 0. The molecular weight excluding hydrogens is 539 g/mol. The topological polar surface area (TPSA) is 130 Å². The van der Waals surface area contributed by atoms with Crippen LogP contribution in [0.5, 0.6) is 5.88 Å². The molecule has 12 heteroatoms. The number of ether oxygens (including phenoxy) is 2. The second-order valence-corrected chi connectivity index (χ2v) is 10.5. The van der Waals surface area contributed by atoms with Gasteiger partial charge in [0.25, 0.3) is 0 Å². The molecule has 10 nitrogen and oxygen atoms in total. The molecule has 40 heavy (non-hydrogen) atoms. The van der Waals surface area contributed by atoms with Crippen LogP contribution in [-0.4, -0.2) is 61.1 Å². The molecule has 1 atom stereocenters. The number of nitrogens with zero attached hydrogens (tertiary/aromatic N) is 5. The maximum atomic E-state index is 14.2. The van der Waals surface area contributed by atoms with Crippen molar-refractivity contribution in [1.29, 1.82) is 0 Å². The summed E-state index contributed by atoms with van der Waals surface area (Å²) in [6.45, 7) is 3.87. The highest BCUT2D eigenvalue weighted by atomic mass is 35.5. The van der Waals surface area contributed by atoms with Crippen LogP contribution in [0, 0.1) is 5.82 Å². The van der Waals surface area contributed by atoms with Gasteiger partial charge in [0.15, 0.2) is 0 Å². The van der Waals surface area contributed by atoms with E-state index in [0.717, 1.165) is 55.8 Å². The van der Waals surface area contributed by atoms with Crippen LogP contribution in [0.2, 0.25) is 5.02 Å². The van der Waals surface area contributed by atoms with Crippen molar-refractivity contribution < 1.29 is 23.8 Å². The molecule has 6 rings (SSSR count). The lowest BCUT2D eigenvalue weighted by atomic mass is 10.1. The first kappa shape index (κ1) is 28.0. The van der Waals surface area contributed by atoms with E-state index in [0.29, 0.717) is 29.6 Å². The first-order valence-corrected chi connectivity index (χ1v) is 13.5. The Morgan fingerprint density at radius 3 is 2.65 bits per heavy atom. The molecule has 0 amide bonds. The first-order chi connectivity index (χ1) is 18.9. The molecule has 2 aliphatic rings. The fourth-order valence-corrected chi connectivity index (χ4v) is 5.42. The SMILES string of the molecule is N.O=C(O)c1ccc2nc(CN3CCC(n4nccc4OCc4ccc(Cl)cc4F)CC3)n(C[C@@H]3CCO3)c2c1. The molecule has 0 bridgehead atoms. The van der Waals surface area contributed by atoms with E-state index < -0.39 is 11.8 Å². The van der Waals surface area contributed by atoms with E-state index in [1.165, 1.54) is 6.07 Å². The minimum Gasteiger partial charge on any atom is -0.478 e. The standard InChI is InChI=1S/C28H29ClFN5O4.H3N/c29-20-3-1-19(23(30)14-20)17-39-27-5-9-31-35(27)21-6-10-33(11-7-21)16-26-32-24-4-2-18(28(36)37)13-25(24)34(26)15-22-8-12-38-22;/h1-5,9,13-14,21-22H,6-8,10-12,15-17H2,(H,36,37);1H3/t22-;/m0./s1. The fraction of sp³-hybridized carbons (Fsp3) is 0.393. The summed E-state index contributed by atoms with van der Waals surface area (Å²) in [5.41, 5.74) is 2.31. The number of likely N-dealkylation sites (tertiary alicyclic amines) is 1. The third kappa shape index (κ3) is 5.83. The second kappa shape index (κ2) is 11.9. The van der Waals surface area contributed by atoms with Gasteiger partial charge < -0.3 is 25.3 Å². The van der Waals surface area contributed by atoms with Crippen LogP contribution in [0.15, 0.2) is 48.7 Å². The molecule has 2 saturated heterocycles. The number of hydrogen-bond donors (Lipinski definition) is 2. The number of piperidine rings is 1. The Balaban J connectivity index is 0.00000323. The van der Waals surface area contributed by atoms with E-state index in [4.69, 9.17) is 26.1 Å². The fourth-order valence-electron chi connectivity index (χ4n) is 5.27. The zero-order valence-electron chi connectivity index (χ0n) is 22.0. The molecular formula is C28H32ClFN6O4. The lowest BCUT2D eigenvalue weighted by Crippen LogP contribution is -2.36. The van der Waals surface area contributed by atoms with Crippen LogP contribution < -0.4 is 10.9 Å². The number of carboxylic acid groups (broad SMARTS) is 1. The Labute approximate surface area is 235 Å². The van der Waals surface area contributed by atoms with Crippen LogP contribution in [0.4, 0.5) is 4.39 Å². The van der Waals surface area contributed by atoms with Crippen molar-refractivity contribution in [1.82, 2.24) is 30.4 Å². The molecule has 2 fully saturated rings. The maximum absolute atomic E-state index is 14.2. The highest BCUT2D eigenvalue weighted by molar-refractivity contribution is 6.30. The van der Waals surface area contributed by atoms with Crippen molar-refractivity contribution in [3.8, 4) is 5.88 Å². The van der Waals surface area contributed by atoms with Gasteiger partial charge in [0.05, 0.1) is 48.0 Å². The van der Waals surface area contributed by atoms with Crippen molar-refractivity contribution in [2.24, 2.45) is 0 Å². The third-order valence-corrected chi connectivity index (χ3v) is 7.78. The van der Waals surface area contributed by atoms with E-state index >= 15 is 0 Å². The monoisotopic (exact) mass is 570 g/mol. The maximum Gasteiger partial charge on any atom is 0.335 e. The van der Waals surface area contributed by atoms with Crippen molar-refractivity contribution in [2.75, 3.05) is 19.7 Å². The van der Waals surface area contributed by atoms with Crippen LogP contribution in [0.1, 0.15) is 47.1 Å². The van der Waals surface area contributed by atoms with Gasteiger partial charge in [0, 0.05) is 36.3 Å². The summed E-state index contributed by atoms with van der Waals surface area (Å²) in [5.74, 6) is 0.179. The zero-order chi connectivity index (χ0) is 26.9. The van der Waals surface area contributed by atoms with E-state index in [-0.39, 0.29) is 30.5 Å². The van der Waals surface area contributed by atoms with Crippen molar-refractivity contribution in [3.05, 3.63) is 76.5 Å². The predicted octanol–water partition coefficient (Wildman–Crippen LogP) is 5.09. The molecule has 2 aromatic heterocycles. The molecule has 0 aliphatic carbocycles. The molecule has 0 radical (unpaired) electrons. The quantitative estimate of drug-likeness (QED) is 0.285. The minimum atomic E-state index is -0.951. The summed E-state index contributed by atoms with van der Waals surface area (Å²) in [6, 6.07) is 11.6. The van der Waals surface area contributed by atoms with Crippen LogP contribution in [0.25, 0.3) is 11.0 Å². The molecule has 212 valence electrons. The summed E-state index contributed by atoms with van der Waals surface area (Å²) in [7, 11) is 0. The number of rotatable bonds is 9. The zero-order valence-corrected chi connectivity index (χ0v) is 22.8. The normalized spacial score (nSPS) is 17.9. The average Bonchev–Trinajstić information content (AvgIpc) is 3.50. The lowest BCUT2D eigenvalue weighted by Gasteiger charge is -2.33. The van der Waals surface area contributed by atoms with Gasteiger partial charge in [0.1, 0.15) is 18.2 Å². The molecule has 4 aromatic rings. The van der Waals surface area contributed by atoms with Gasteiger partial charge in [-0.15, -0.1) is 0 Å². The number of benzene rings is 2. The molecule has 0 spiro atoms. The highest BCUT2D eigenvalue weighted by Crippen LogP contribution is 2.29.